The summed E-state index contributed by atoms with van der Waals surface area (Å²) in [6.45, 7) is 5.34. The molecule has 2 atom stereocenters. The van der Waals surface area contributed by atoms with Gasteiger partial charge in [-0.2, -0.15) is 8.78 Å². The first-order chi connectivity index (χ1) is 9.97. The molecule has 3 nitrogen and oxygen atoms in total. The van der Waals surface area contributed by atoms with Crippen LogP contribution < -0.4 is 15.0 Å². The number of ether oxygens (including phenoxy) is 1. The van der Waals surface area contributed by atoms with Crippen molar-refractivity contribution in [2.45, 2.75) is 45.9 Å². The summed E-state index contributed by atoms with van der Waals surface area (Å²) in [6, 6.07) is 7.66. The van der Waals surface area contributed by atoms with Crippen LogP contribution in [0.4, 0.5) is 14.5 Å². The van der Waals surface area contributed by atoms with Crippen LogP contribution in [0.3, 0.4) is 0 Å². The van der Waals surface area contributed by atoms with Crippen LogP contribution in [0.2, 0.25) is 0 Å². The minimum atomic E-state index is -2.80. The van der Waals surface area contributed by atoms with E-state index in [0.29, 0.717) is 12.0 Å². The summed E-state index contributed by atoms with van der Waals surface area (Å²) in [6.07, 6.45) is 1.07. The third kappa shape index (κ3) is 4.30. The van der Waals surface area contributed by atoms with Gasteiger partial charge in [-0.25, -0.2) is 0 Å². The molecule has 0 aromatic heterocycles. The number of rotatable bonds is 5. The number of nitrogens with one attached hydrogen (secondary N) is 1. The number of benzene rings is 1. The number of nitrogens with zero attached hydrogens (tertiary/aromatic N) is 1. The van der Waals surface area contributed by atoms with E-state index in [-0.39, 0.29) is 11.8 Å². The molecule has 1 N–H and O–H groups in total. The van der Waals surface area contributed by atoms with Crippen molar-refractivity contribution in [2.24, 2.45) is 5.92 Å². The van der Waals surface area contributed by atoms with Crippen LogP contribution in [-0.4, -0.2) is 31.8 Å². The average Bonchev–Trinajstić information content (AvgIpc) is 2.40. The van der Waals surface area contributed by atoms with Gasteiger partial charge in [-0.1, -0.05) is 26.0 Å². The number of halogens is 2. The molecule has 2 rings (SSSR count). The molecule has 1 fully saturated rings. The maximum Gasteiger partial charge on any atom is 0.387 e. The van der Waals surface area contributed by atoms with Gasteiger partial charge in [0.25, 0.3) is 0 Å². The van der Waals surface area contributed by atoms with Crippen LogP contribution in [0.1, 0.15) is 27.2 Å². The quantitative estimate of drug-likeness (QED) is 0.900. The largest absolute Gasteiger partial charge is 0.433 e. The third-order valence-electron chi connectivity index (χ3n) is 3.80. The lowest BCUT2D eigenvalue weighted by Gasteiger charge is -2.41. The summed E-state index contributed by atoms with van der Waals surface area (Å²) in [5.74, 6) is 0.856. The Balaban J connectivity index is 2.18. The highest BCUT2D eigenvalue weighted by Gasteiger charge is 2.27. The summed E-state index contributed by atoms with van der Waals surface area (Å²) in [7, 11) is 0. The SMILES string of the molecule is CC(C)CC1CN(c2ccccc2OC(F)F)C(C)CN1. The van der Waals surface area contributed by atoms with E-state index in [1.165, 1.54) is 0 Å². The van der Waals surface area contributed by atoms with Gasteiger partial charge in [-0.3, -0.25) is 0 Å². The molecule has 0 bridgehead atoms. The molecule has 0 aliphatic carbocycles. The summed E-state index contributed by atoms with van der Waals surface area (Å²) < 4.78 is 29.8. The molecule has 1 aliphatic rings. The van der Waals surface area contributed by atoms with Gasteiger partial charge in [0.2, 0.25) is 0 Å². The number of piperazine rings is 1. The highest BCUT2D eigenvalue weighted by atomic mass is 19.3. The molecular formula is C16H24F2N2O. The second kappa shape index (κ2) is 7.07. The maximum absolute atomic E-state index is 12.6. The molecule has 1 heterocycles. The molecule has 1 aromatic rings. The standard InChI is InChI=1S/C16H24F2N2O/c1-11(2)8-13-10-20(12(3)9-19-13)14-6-4-5-7-15(14)21-16(17)18/h4-7,11-13,16,19H,8-10H2,1-3H3. The molecule has 0 spiro atoms. The second-order valence-electron chi connectivity index (χ2n) is 6.08. The summed E-state index contributed by atoms with van der Waals surface area (Å²) in [4.78, 5) is 2.17. The number of hydrogen-bond acceptors (Lipinski definition) is 3. The molecule has 0 saturated carbocycles. The van der Waals surface area contributed by atoms with Crippen molar-refractivity contribution in [2.75, 3.05) is 18.0 Å². The number of alkyl halides is 2. The first-order valence-corrected chi connectivity index (χ1v) is 7.51. The van der Waals surface area contributed by atoms with Crippen molar-refractivity contribution in [3.8, 4) is 5.75 Å². The summed E-state index contributed by atoms with van der Waals surface area (Å²) in [5.41, 5.74) is 0.751. The van der Waals surface area contributed by atoms with Crippen molar-refractivity contribution in [1.82, 2.24) is 5.32 Å². The van der Waals surface area contributed by atoms with E-state index >= 15 is 0 Å². The van der Waals surface area contributed by atoms with Gasteiger partial charge in [0.15, 0.2) is 0 Å². The zero-order chi connectivity index (χ0) is 15.4. The zero-order valence-corrected chi connectivity index (χ0v) is 12.9. The van der Waals surface area contributed by atoms with Crippen molar-refractivity contribution in [3.63, 3.8) is 0 Å². The number of anilines is 1. The molecule has 21 heavy (non-hydrogen) atoms. The van der Waals surface area contributed by atoms with Crippen LogP contribution >= 0.6 is 0 Å². The van der Waals surface area contributed by atoms with Crippen molar-refractivity contribution in [1.29, 1.82) is 0 Å². The molecule has 118 valence electrons. The minimum Gasteiger partial charge on any atom is -0.433 e. The van der Waals surface area contributed by atoms with E-state index in [1.54, 1.807) is 12.1 Å². The van der Waals surface area contributed by atoms with E-state index in [2.05, 4.69) is 35.7 Å². The van der Waals surface area contributed by atoms with E-state index in [9.17, 15) is 8.78 Å². The fourth-order valence-corrected chi connectivity index (χ4v) is 2.88. The highest BCUT2D eigenvalue weighted by molar-refractivity contribution is 5.59. The van der Waals surface area contributed by atoms with Gasteiger partial charge in [0.1, 0.15) is 5.75 Å². The topological polar surface area (TPSA) is 24.5 Å². The van der Waals surface area contributed by atoms with E-state index in [4.69, 9.17) is 0 Å². The van der Waals surface area contributed by atoms with Crippen LogP contribution in [0.15, 0.2) is 24.3 Å². The maximum atomic E-state index is 12.6. The predicted molar refractivity (Wildman–Crippen MR) is 81.1 cm³/mol. The Morgan fingerprint density at radius 1 is 1.33 bits per heavy atom. The Labute approximate surface area is 125 Å². The van der Waals surface area contributed by atoms with Gasteiger partial charge < -0.3 is 15.0 Å². The van der Waals surface area contributed by atoms with E-state index in [0.717, 1.165) is 25.2 Å². The van der Waals surface area contributed by atoms with Crippen LogP contribution in [0.5, 0.6) is 5.75 Å². The number of hydrogen-bond donors (Lipinski definition) is 1. The zero-order valence-electron chi connectivity index (χ0n) is 12.9. The molecule has 0 radical (unpaired) electrons. The van der Waals surface area contributed by atoms with Gasteiger partial charge in [0, 0.05) is 25.2 Å². The second-order valence-corrected chi connectivity index (χ2v) is 6.08. The fraction of sp³-hybridized carbons (Fsp3) is 0.625. The Bertz CT molecular complexity index is 454. The smallest absolute Gasteiger partial charge is 0.387 e. The lowest BCUT2D eigenvalue weighted by Crippen LogP contribution is -2.56. The first kappa shape index (κ1) is 16.0. The molecule has 5 heteroatoms. The first-order valence-electron chi connectivity index (χ1n) is 7.51. The van der Waals surface area contributed by atoms with Gasteiger partial charge in [-0.05, 0) is 31.4 Å². The molecule has 2 unspecified atom stereocenters. The minimum absolute atomic E-state index is 0.246. The lowest BCUT2D eigenvalue weighted by atomic mass is 9.99. The van der Waals surface area contributed by atoms with Crippen LogP contribution in [-0.2, 0) is 0 Å². The Morgan fingerprint density at radius 2 is 2.05 bits per heavy atom. The molecule has 0 amide bonds. The fourth-order valence-electron chi connectivity index (χ4n) is 2.88. The lowest BCUT2D eigenvalue weighted by molar-refractivity contribution is -0.0495. The molecule has 1 aliphatic heterocycles. The van der Waals surface area contributed by atoms with Crippen molar-refractivity contribution >= 4 is 5.69 Å². The molecule has 1 saturated heterocycles. The number of para-hydroxylation sites is 2. The molecule has 1 aromatic carbocycles. The van der Waals surface area contributed by atoms with Crippen LogP contribution in [0, 0.1) is 5.92 Å². The van der Waals surface area contributed by atoms with Crippen molar-refractivity contribution < 1.29 is 13.5 Å². The van der Waals surface area contributed by atoms with Gasteiger partial charge >= 0.3 is 6.61 Å². The normalized spacial score (nSPS) is 22.9. The van der Waals surface area contributed by atoms with E-state index < -0.39 is 6.61 Å². The Hall–Kier alpha value is -1.36. The van der Waals surface area contributed by atoms with Gasteiger partial charge in [-0.15, -0.1) is 0 Å². The Kier molecular flexibility index (Phi) is 5.39. The summed E-state index contributed by atoms with van der Waals surface area (Å²) >= 11 is 0. The highest BCUT2D eigenvalue weighted by Crippen LogP contribution is 2.32. The third-order valence-corrected chi connectivity index (χ3v) is 3.80. The summed E-state index contributed by atoms with van der Waals surface area (Å²) in [5, 5.41) is 3.53. The molecular weight excluding hydrogens is 274 g/mol. The Morgan fingerprint density at radius 3 is 2.71 bits per heavy atom. The van der Waals surface area contributed by atoms with Crippen molar-refractivity contribution in [3.05, 3.63) is 24.3 Å². The van der Waals surface area contributed by atoms with Crippen LogP contribution in [0.25, 0.3) is 0 Å². The van der Waals surface area contributed by atoms with Gasteiger partial charge in [0.05, 0.1) is 5.69 Å². The predicted octanol–water partition coefficient (Wildman–Crippen LogP) is 3.50. The monoisotopic (exact) mass is 298 g/mol. The van der Waals surface area contributed by atoms with E-state index in [1.807, 2.05) is 12.1 Å². The average molecular weight is 298 g/mol.